The maximum Gasteiger partial charge on any atom is 0.236 e. The normalized spacial score (nSPS) is 19.9. The van der Waals surface area contributed by atoms with Gasteiger partial charge in [-0.3, -0.25) is 4.79 Å². The van der Waals surface area contributed by atoms with Gasteiger partial charge < -0.3 is 15.0 Å². The van der Waals surface area contributed by atoms with E-state index in [1.807, 2.05) is 16.7 Å². The predicted molar refractivity (Wildman–Crippen MR) is 75.1 cm³/mol. The average molecular weight is 283 g/mol. The van der Waals surface area contributed by atoms with Gasteiger partial charge in [0, 0.05) is 37.7 Å². The Morgan fingerprint density at radius 3 is 3.00 bits per heavy atom. The Morgan fingerprint density at radius 2 is 2.35 bits per heavy atom. The molecule has 0 bridgehead atoms. The lowest BCUT2D eigenvalue weighted by atomic mass is 10.3. The van der Waals surface area contributed by atoms with Crippen LogP contribution in [-0.2, 0) is 9.53 Å². The first-order valence-corrected chi connectivity index (χ1v) is 6.91. The fourth-order valence-corrected chi connectivity index (χ4v) is 2.85. The molecule has 4 nitrogen and oxygen atoms in total. The second-order valence-electron chi connectivity index (χ2n) is 3.91. The van der Waals surface area contributed by atoms with Crippen LogP contribution in [0.3, 0.4) is 0 Å². The highest BCUT2D eigenvalue weighted by molar-refractivity contribution is 8.00. The number of amides is 1. The molecule has 0 aliphatic carbocycles. The van der Waals surface area contributed by atoms with Crippen molar-refractivity contribution in [1.82, 2.24) is 10.2 Å². The van der Waals surface area contributed by atoms with Crippen LogP contribution in [0.4, 0.5) is 0 Å². The van der Waals surface area contributed by atoms with E-state index < -0.39 is 0 Å². The molecular formula is C11H23ClN2O2S. The molecule has 1 saturated heterocycles. The second kappa shape index (κ2) is 10.00. The minimum atomic E-state index is 0. The summed E-state index contributed by atoms with van der Waals surface area (Å²) in [5.41, 5.74) is 0. The van der Waals surface area contributed by atoms with Crippen LogP contribution in [0.2, 0.25) is 0 Å². The molecule has 17 heavy (non-hydrogen) atoms. The Balaban J connectivity index is 0.00000256. The van der Waals surface area contributed by atoms with Crippen molar-refractivity contribution in [2.45, 2.75) is 18.6 Å². The van der Waals surface area contributed by atoms with Crippen molar-refractivity contribution in [3.8, 4) is 0 Å². The van der Waals surface area contributed by atoms with Gasteiger partial charge in [0.25, 0.3) is 0 Å². The number of hydrogen-bond acceptors (Lipinski definition) is 4. The predicted octanol–water partition coefficient (Wildman–Crippen LogP) is 0.998. The van der Waals surface area contributed by atoms with Crippen LogP contribution >= 0.6 is 24.2 Å². The van der Waals surface area contributed by atoms with Gasteiger partial charge in [0.05, 0.1) is 13.2 Å². The third-order valence-corrected chi connectivity index (χ3v) is 4.08. The van der Waals surface area contributed by atoms with E-state index >= 15 is 0 Å². The second-order valence-corrected chi connectivity index (χ2v) is 5.32. The SMILES string of the molecule is CCC1CN(C(=O)CNCCOC)CCS1.Cl. The zero-order valence-electron chi connectivity index (χ0n) is 10.6. The number of rotatable bonds is 6. The molecule has 1 fully saturated rings. The monoisotopic (exact) mass is 282 g/mol. The molecule has 0 spiro atoms. The number of nitrogens with one attached hydrogen (secondary N) is 1. The molecule has 0 saturated carbocycles. The van der Waals surface area contributed by atoms with Crippen molar-refractivity contribution in [2.24, 2.45) is 0 Å². The van der Waals surface area contributed by atoms with Crippen molar-refractivity contribution in [1.29, 1.82) is 0 Å². The summed E-state index contributed by atoms with van der Waals surface area (Å²) in [6, 6.07) is 0. The van der Waals surface area contributed by atoms with Gasteiger partial charge in [-0.15, -0.1) is 12.4 Å². The molecule has 0 radical (unpaired) electrons. The third-order valence-electron chi connectivity index (χ3n) is 2.71. The lowest BCUT2D eigenvalue weighted by molar-refractivity contribution is -0.130. The molecule has 1 heterocycles. The molecule has 0 aromatic heterocycles. The Labute approximate surface area is 114 Å². The van der Waals surface area contributed by atoms with E-state index in [9.17, 15) is 4.79 Å². The van der Waals surface area contributed by atoms with Crippen LogP contribution in [0.25, 0.3) is 0 Å². The van der Waals surface area contributed by atoms with Gasteiger partial charge in [0.15, 0.2) is 0 Å². The van der Waals surface area contributed by atoms with E-state index in [2.05, 4.69) is 12.2 Å². The van der Waals surface area contributed by atoms with Gasteiger partial charge in [0.1, 0.15) is 0 Å². The molecular weight excluding hydrogens is 260 g/mol. The van der Waals surface area contributed by atoms with Gasteiger partial charge in [-0.1, -0.05) is 6.92 Å². The van der Waals surface area contributed by atoms with E-state index in [-0.39, 0.29) is 18.3 Å². The van der Waals surface area contributed by atoms with Gasteiger partial charge >= 0.3 is 0 Å². The van der Waals surface area contributed by atoms with Crippen molar-refractivity contribution in [2.75, 3.05) is 45.6 Å². The zero-order chi connectivity index (χ0) is 11.8. The Hall–Kier alpha value is 0.0300. The number of halogens is 1. The molecule has 0 aromatic rings. The molecule has 1 atom stereocenters. The Bertz CT molecular complexity index is 220. The summed E-state index contributed by atoms with van der Waals surface area (Å²) in [6.45, 7) is 5.81. The first-order valence-electron chi connectivity index (χ1n) is 5.87. The molecule has 1 aliphatic heterocycles. The number of methoxy groups -OCH3 is 1. The standard InChI is InChI=1S/C11H22N2O2S.ClH/c1-3-10-9-13(5-7-16-10)11(14)8-12-4-6-15-2;/h10,12H,3-9H2,1-2H3;1H. The summed E-state index contributed by atoms with van der Waals surface area (Å²) < 4.78 is 4.91. The maximum absolute atomic E-state index is 11.8. The molecule has 0 aromatic carbocycles. The van der Waals surface area contributed by atoms with E-state index in [0.29, 0.717) is 18.4 Å². The van der Waals surface area contributed by atoms with Crippen molar-refractivity contribution in [3.05, 3.63) is 0 Å². The average Bonchev–Trinajstić information content (AvgIpc) is 2.34. The van der Waals surface area contributed by atoms with Crippen LogP contribution in [-0.4, -0.2) is 61.7 Å². The largest absolute Gasteiger partial charge is 0.383 e. The number of ether oxygens (including phenoxy) is 1. The first kappa shape index (κ1) is 17.0. The topological polar surface area (TPSA) is 41.6 Å². The fourth-order valence-electron chi connectivity index (χ4n) is 1.67. The van der Waals surface area contributed by atoms with Crippen LogP contribution in [0.5, 0.6) is 0 Å². The zero-order valence-corrected chi connectivity index (χ0v) is 12.2. The highest BCUT2D eigenvalue weighted by atomic mass is 35.5. The van der Waals surface area contributed by atoms with Crippen LogP contribution in [0.15, 0.2) is 0 Å². The lowest BCUT2D eigenvalue weighted by Crippen LogP contribution is -2.45. The fraction of sp³-hybridized carbons (Fsp3) is 0.909. The summed E-state index contributed by atoms with van der Waals surface area (Å²) in [5.74, 6) is 1.29. The molecule has 1 rings (SSSR count). The van der Waals surface area contributed by atoms with Gasteiger partial charge in [-0.2, -0.15) is 11.8 Å². The van der Waals surface area contributed by atoms with Gasteiger partial charge in [-0.05, 0) is 6.42 Å². The Morgan fingerprint density at radius 1 is 1.59 bits per heavy atom. The minimum absolute atomic E-state index is 0. The number of carbonyl (C=O) groups excluding carboxylic acids is 1. The maximum atomic E-state index is 11.8. The lowest BCUT2D eigenvalue weighted by Gasteiger charge is -2.32. The van der Waals surface area contributed by atoms with Crippen LogP contribution in [0, 0.1) is 0 Å². The summed E-state index contributed by atoms with van der Waals surface area (Å²) in [6.07, 6.45) is 1.14. The van der Waals surface area contributed by atoms with Crippen LogP contribution in [0.1, 0.15) is 13.3 Å². The van der Waals surface area contributed by atoms with E-state index in [1.165, 1.54) is 0 Å². The van der Waals surface area contributed by atoms with Gasteiger partial charge in [0.2, 0.25) is 5.91 Å². The third kappa shape index (κ3) is 6.50. The quantitative estimate of drug-likeness (QED) is 0.738. The van der Waals surface area contributed by atoms with Crippen LogP contribution < -0.4 is 5.32 Å². The number of carbonyl (C=O) groups is 1. The molecule has 6 heteroatoms. The smallest absolute Gasteiger partial charge is 0.236 e. The minimum Gasteiger partial charge on any atom is -0.383 e. The summed E-state index contributed by atoms with van der Waals surface area (Å²) in [7, 11) is 1.66. The molecule has 1 aliphatic rings. The molecule has 1 unspecified atom stereocenters. The van der Waals surface area contributed by atoms with Crippen molar-refractivity contribution < 1.29 is 9.53 Å². The van der Waals surface area contributed by atoms with E-state index in [1.54, 1.807) is 7.11 Å². The highest BCUT2D eigenvalue weighted by Crippen LogP contribution is 2.20. The molecule has 1 N–H and O–H groups in total. The number of hydrogen-bond donors (Lipinski definition) is 1. The van der Waals surface area contributed by atoms with Crippen molar-refractivity contribution >= 4 is 30.1 Å². The number of nitrogens with zero attached hydrogens (tertiary/aromatic N) is 1. The summed E-state index contributed by atoms with van der Waals surface area (Å²) in [5, 5.41) is 3.72. The first-order chi connectivity index (χ1) is 7.77. The van der Waals surface area contributed by atoms with Gasteiger partial charge in [-0.25, -0.2) is 0 Å². The van der Waals surface area contributed by atoms with E-state index in [0.717, 1.165) is 31.8 Å². The molecule has 1 amide bonds. The Kier molecular flexibility index (Phi) is 10.0. The van der Waals surface area contributed by atoms with Crippen molar-refractivity contribution in [3.63, 3.8) is 0 Å². The molecule has 102 valence electrons. The number of thioether (sulfide) groups is 1. The summed E-state index contributed by atoms with van der Waals surface area (Å²) >= 11 is 1.98. The summed E-state index contributed by atoms with van der Waals surface area (Å²) in [4.78, 5) is 13.8. The highest BCUT2D eigenvalue weighted by Gasteiger charge is 2.22. The van der Waals surface area contributed by atoms with E-state index in [4.69, 9.17) is 4.74 Å².